The van der Waals surface area contributed by atoms with Crippen LogP contribution in [0.5, 0.6) is 5.75 Å². The van der Waals surface area contributed by atoms with E-state index < -0.39 is 28.5 Å². The van der Waals surface area contributed by atoms with Crippen LogP contribution in [0.25, 0.3) is 0 Å². The van der Waals surface area contributed by atoms with Crippen molar-refractivity contribution in [2.75, 3.05) is 17.5 Å². The van der Waals surface area contributed by atoms with Gasteiger partial charge in [-0.1, -0.05) is 45.7 Å². The molecule has 0 heterocycles. The number of rotatable bonds is 12. The first-order valence-corrected chi connectivity index (χ1v) is 15.4. The monoisotopic (exact) mass is 649 g/mol. The van der Waals surface area contributed by atoms with Gasteiger partial charge >= 0.3 is 0 Å². The van der Waals surface area contributed by atoms with Crippen molar-refractivity contribution in [3.05, 3.63) is 87.9 Å². The van der Waals surface area contributed by atoms with Crippen LogP contribution in [0.4, 0.5) is 5.69 Å². The molecule has 11 heteroatoms. The second kappa shape index (κ2) is 14.0. The summed E-state index contributed by atoms with van der Waals surface area (Å²) >= 11 is 9.72. The number of hydrogen-bond acceptors (Lipinski definition) is 5. The fraction of sp³-hybridized carbons (Fsp3) is 0.310. The summed E-state index contributed by atoms with van der Waals surface area (Å²) in [6.07, 6.45) is 0. The van der Waals surface area contributed by atoms with Crippen molar-refractivity contribution in [1.29, 1.82) is 0 Å². The molecule has 0 spiro atoms. The fourth-order valence-corrected chi connectivity index (χ4v) is 5.81. The maximum atomic E-state index is 13.9. The van der Waals surface area contributed by atoms with Gasteiger partial charge in [-0.2, -0.15) is 0 Å². The first kappa shape index (κ1) is 31.4. The highest BCUT2D eigenvalue weighted by Crippen LogP contribution is 2.28. The molecule has 1 N–H and O–H groups in total. The molecule has 8 nitrogen and oxygen atoms in total. The van der Waals surface area contributed by atoms with Gasteiger partial charge in [0.25, 0.3) is 10.0 Å². The third-order valence-corrected chi connectivity index (χ3v) is 8.70. The van der Waals surface area contributed by atoms with E-state index in [0.29, 0.717) is 27.4 Å². The molecular weight excluding hydrogens is 618 g/mol. The number of amides is 2. The summed E-state index contributed by atoms with van der Waals surface area (Å²) < 4.78 is 35.0. The summed E-state index contributed by atoms with van der Waals surface area (Å²) in [4.78, 5) is 28.3. The molecule has 3 aromatic carbocycles. The standard InChI is InChI=1S/C29H33BrClN3O5S/c1-5-39-25-14-12-24(13-15-25)34(40(37,38)26-16-10-23(30)11-17-26)19-28(35)33(21(4)29(36)32-20(2)3)18-22-8-6-7-9-27(22)31/h6-17,20-21H,5,18-19H2,1-4H3,(H,32,36). The Morgan fingerprint density at radius 3 is 2.17 bits per heavy atom. The van der Waals surface area contributed by atoms with Gasteiger partial charge in [0.1, 0.15) is 18.3 Å². The quantitative estimate of drug-likeness (QED) is 0.274. The van der Waals surface area contributed by atoms with E-state index in [1.807, 2.05) is 20.8 Å². The minimum Gasteiger partial charge on any atom is -0.494 e. The molecule has 3 aromatic rings. The SMILES string of the molecule is CCOc1ccc(N(CC(=O)N(Cc2ccccc2Cl)C(C)C(=O)NC(C)C)S(=O)(=O)c2ccc(Br)cc2)cc1. The average molecular weight is 651 g/mol. The van der Waals surface area contributed by atoms with Gasteiger partial charge in [0, 0.05) is 22.1 Å². The Morgan fingerprint density at radius 1 is 0.975 bits per heavy atom. The van der Waals surface area contributed by atoms with Crippen molar-refractivity contribution in [2.24, 2.45) is 0 Å². The third kappa shape index (κ3) is 7.99. The number of benzene rings is 3. The topological polar surface area (TPSA) is 96.0 Å². The van der Waals surface area contributed by atoms with Crippen LogP contribution in [0.15, 0.2) is 82.2 Å². The van der Waals surface area contributed by atoms with Gasteiger partial charge < -0.3 is 15.0 Å². The molecule has 3 rings (SSSR count). The van der Waals surface area contributed by atoms with Crippen molar-refractivity contribution in [3.63, 3.8) is 0 Å². The van der Waals surface area contributed by atoms with E-state index in [-0.39, 0.29) is 29.1 Å². The van der Waals surface area contributed by atoms with Crippen LogP contribution < -0.4 is 14.4 Å². The second-order valence-corrected chi connectivity index (χ2v) is 12.5. The van der Waals surface area contributed by atoms with Crippen molar-refractivity contribution >= 4 is 55.1 Å². The lowest BCUT2D eigenvalue weighted by Crippen LogP contribution is -2.52. The van der Waals surface area contributed by atoms with E-state index in [1.54, 1.807) is 67.6 Å². The molecule has 0 bridgehead atoms. The van der Waals surface area contributed by atoms with Crippen LogP contribution in [-0.4, -0.2) is 50.4 Å². The third-order valence-electron chi connectivity index (χ3n) is 6.01. The summed E-state index contributed by atoms with van der Waals surface area (Å²) in [7, 11) is -4.17. The molecule has 0 saturated heterocycles. The van der Waals surface area contributed by atoms with Gasteiger partial charge in [0.15, 0.2) is 0 Å². The normalized spacial score (nSPS) is 12.1. The molecule has 0 aliphatic heterocycles. The number of nitrogens with one attached hydrogen (secondary N) is 1. The lowest BCUT2D eigenvalue weighted by Gasteiger charge is -2.32. The highest BCUT2D eigenvalue weighted by Gasteiger charge is 2.33. The molecule has 0 radical (unpaired) electrons. The Kier molecular flexibility index (Phi) is 11.0. The van der Waals surface area contributed by atoms with Crippen LogP contribution >= 0.6 is 27.5 Å². The molecule has 0 aromatic heterocycles. The van der Waals surface area contributed by atoms with Gasteiger partial charge in [0.05, 0.1) is 17.2 Å². The molecule has 2 amide bonds. The Labute approximate surface area is 249 Å². The highest BCUT2D eigenvalue weighted by atomic mass is 79.9. The van der Waals surface area contributed by atoms with Crippen molar-refractivity contribution in [3.8, 4) is 5.75 Å². The van der Waals surface area contributed by atoms with Crippen LogP contribution in [0.2, 0.25) is 5.02 Å². The van der Waals surface area contributed by atoms with Crippen molar-refractivity contribution in [2.45, 2.75) is 51.2 Å². The largest absolute Gasteiger partial charge is 0.494 e. The predicted octanol–water partition coefficient (Wildman–Crippen LogP) is 5.64. The fourth-order valence-electron chi connectivity index (χ4n) is 3.94. The summed E-state index contributed by atoms with van der Waals surface area (Å²) in [5, 5.41) is 3.26. The molecule has 0 fully saturated rings. The van der Waals surface area contributed by atoms with Crippen LogP contribution in [-0.2, 0) is 26.2 Å². The zero-order chi connectivity index (χ0) is 29.4. The van der Waals surface area contributed by atoms with Crippen molar-refractivity contribution in [1.82, 2.24) is 10.2 Å². The molecule has 0 saturated carbocycles. The van der Waals surface area contributed by atoms with E-state index >= 15 is 0 Å². The van der Waals surface area contributed by atoms with E-state index in [9.17, 15) is 18.0 Å². The average Bonchev–Trinajstić information content (AvgIpc) is 2.91. The lowest BCUT2D eigenvalue weighted by molar-refractivity contribution is -0.139. The highest BCUT2D eigenvalue weighted by molar-refractivity contribution is 9.10. The van der Waals surface area contributed by atoms with E-state index in [1.165, 1.54) is 17.0 Å². The number of sulfonamides is 1. The Bertz CT molecular complexity index is 1420. The number of nitrogens with zero attached hydrogens (tertiary/aromatic N) is 2. The maximum absolute atomic E-state index is 13.9. The zero-order valence-corrected chi connectivity index (χ0v) is 26.0. The molecule has 214 valence electrons. The van der Waals surface area contributed by atoms with Crippen LogP contribution in [0, 0.1) is 0 Å². The number of halogens is 2. The first-order valence-electron chi connectivity index (χ1n) is 12.8. The molecule has 0 aliphatic carbocycles. The number of anilines is 1. The van der Waals surface area contributed by atoms with Crippen LogP contribution in [0.1, 0.15) is 33.3 Å². The second-order valence-electron chi connectivity index (χ2n) is 9.34. The molecule has 0 aliphatic rings. The van der Waals surface area contributed by atoms with E-state index in [0.717, 1.165) is 4.31 Å². The van der Waals surface area contributed by atoms with Gasteiger partial charge in [0.2, 0.25) is 11.8 Å². The minimum atomic E-state index is -4.17. The molecule has 40 heavy (non-hydrogen) atoms. The Morgan fingerprint density at radius 2 is 1.60 bits per heavy atom. The number of ether oxygens (including phenoxy) is 1. The van der Waals surface area contributed by atoms with Crippen molar-refractivity contribution < 1.29 is 22.7 Å². The van der Waals surface area contributed by atoms with E-state index in [2.05, 4.69) is 21.2 Å². The van der Waals surface area contributed by atoms with E-state index in [4.69, 9.17) is 16.3 Å². The van der Waals surface area contributed by atoms with Crippen LogP contribution in [0.3, 0.4) is 0 Å². The number of carbonyl (C=O) groups is 2. The van der Waals surface area contributed by atoms with Gasteiger partial charge in [-0.15, -0.1) is 0 Å². The van der Waals surface area contributed by atoms with Gasteiger partial charge in [-0.3, -0.25) is 13.9 Å². The zero-order valence-electron chi connectivity index (χ0n) is 22.8. The summed E-state index contributed by atoms with van der Waals surface area (Å²) in [6.45, 7) is 7.02. The summed E-state index contributed by atoms with van der Waals surface area (Å²) in [6, 6.07) is 18.6. The number of hydrogen-bond donors (Lipinski definition) is 1. The van der Waals surface area contributed by atoms with Gasteiger partial charge in [-0.25, -0.2) is 8.42 Å². The molecule has 1 atom stereocenters. The smallest absolute Gasteiger partial charge is 0.264 e. The molecule has 1 unspecified atom stereocenters. The lowest BCUT2D eigenvalue weighted by atomic mass is 10.1. The Balaban J connectivity index is 2.04. The summed E-state index contributed by atoms with van der Waals surface area (Å²) in [5.74, 6) is -0.363. The predicted molar refractivity (Wildman–Crippen MR) is 161 cm³/mol. The number of carbonyl (C=O) groups excluding carboxylic acids is 2. The maximum Gasteiger partial charge on any atom is 0.264 e. The molecular formula is C29H33BrClN3O5S. The minimum absolute atomic E-state index is 0.0145. The first-order chi connectivity index (χ1) is 18.9. The summed E-state index contributed by atoms with van der Waals surface area (Å²) in [5.41, 5.74) is 0.904. The Hall–Kier alpha value is -3.08. The van der Waals surface area contributed by atoms with Gasteiger partial charge in [-0.05, 0) is 87.9 Å².